The molecule has 0 aliphatic heterocycles. The van der Waals surface area contributed by atoms with Crippen LogP contribution < -0.4 is 10.9 Å². The molecule has 1 atom stereocenters. The van der Waals surface area contributed by atoms with Crippen LogP contribution in [0, 0.1) is 5.92 Å². The van der Waals surface area contributed by atoms with E-state index in [2.05, 4.69) is 15.3 Å². The Morgan fingerprint density at radius 3 is 2.75 bits per heavy atom. The summed E-state index contributed by atoms with van der Waals surface area (Å²) in [5, 5.41) is 3.50. The third kappa shape index (κ3) is 4.79. The van der Waals surface area contributed by atoms with E-state index in [9.17, 15) is 14.4 Å². The number of esters is 1. The molecule has 152 valence electrons. The summed E-state index contributed by atoms with van der Waals surface area (Å²) in [6.07, 6.45) is 4.54. The first kappa shape index (κ1) is 20.5. The number of aryl methyl sites for hydroxylation is 3. The Hall–Kier alpha value is -2.22. The minimum absolute atomic E-state index is 0.0174. The van der Waals surface area contributed by atoms with Crippen molar-refractivity contribution < 1.29 is 14.3 Å². The summed E-state index contributed by atoms with van der Waals surface area (Å²) >= 11 is 1.58. The van der Waals surface area contributed by atoms with Crippen LogP contribution in [-0.4, -0.2) is 34.5 Å². The Labute approximate surface area is 167 Å². The third-order valence-electron chi connectivity index (χ3n) is 5.19. The summed E-state index contributed by atoms with van der Waals surface area (Å²) in [7, 11) is 0. The van der Waals surface area contributed by atoms with Crippen molar-refractivity contribution in [2.24, 2.45) is 5.92 Å². The zero-order chi connectivity index (χ0) is 20.3. The molecule has 3 rings (SSSR count). The quantitative estimate of drug-likeness (QED) is 0.689. The highest BCUT2D eigenvalue weighted by molar-refractivity contribution is 7.18. The molecule has 28 heavy (non-hydrogen) atoms. The maximum absolute atomic E-state index is 12.5. The number of fused-ring (bicyclic) bond motifs is 3. The second-order valence-corrected chi connectivity index (χ2v) is 8.75. The highest BCUT2D eigenvalue weighted by atomic mass is 32.1. The molecule has 0 fully saturated rings. The Balaban J connectivity index is 1.56. The van der Waals surface area contributed by atoms with E-state index in [0.29, 0.717) is 17.1 Å². The average molecular weight is 406 g/mol. The predicted molar refractivity (Wildman–Crippen MR) is 109 cm³/mol. The van der Waals surface area contributed by atoms with Crippen LogP contribution in [0.4, 0.5) is 0 Å². The normalized spacial score (nSPS) is 14.7. The number of carbonyl (C=O) groups excluding carboxylic acids is 2. The zero-order valence-electron chi connectivity index (χ0n) is 16.6. The number of ether oxygens (including phenoxy) is 1. The Morgan fingerprint density at radius 2 is 2.00 bits per heavy atom. The number of aromatic amines is 1. The molecule has 2 heterocycles. The molecule has 1 amide bonds. The third-order valence-corrected chi connectivity index (χ3v) is 6.38. The molecule has 2 N–H and O–H groups in total. The molecule has 7 nitrogen and oxygen atoms in total. The first-order valence-corrected chi connectivity index (χ1v) is 10.6. The summed E-state index contributed by atoms with van der Waals surface area (Å²) < 4.78 is 5.02. The zero-order valence-corrected chi connectivity index (χ0v) is 17.4. The van der Waals surface area contributed by atoms with E-state index in [1.807, 2.05) is 20.8 Å². The summed E-state index contributed by atoms with van der Waals surface area (Å²) in [4.78, 5) is 45.6. The number of carbonyl (C=O) groups is 2. The first-order valence-electron chi connectivity index (χ1n) is 9.83. The van der Waals surface area contributed by atoms with Gasteiger partial charge in [-0.3, -0.25) is 14.4 Å². The van der Waals surface area contributed by atoms with Gasteiger partial charge in [0.05, 0.1) is 11.8 Å². The van der Waals surface area contributed by atoms with Crippen molar-refractivity contribution in [2.45, 2.75) is 65.3 Å². The van der Waals surface area contributed by atoms with Crippen LogP contribution >= 0.6 is 11.3 Å². The van der Waals surface area contributed by atoms with Crippen LogP contribution in [-0.2, 0) is 33.6 Å². The van der Waals surface area contributed by atoms with Crippen molar-refractivity contribution in [1.29, 1.82) is 0 Å². The lowest BCUT2D eigenvalue weighted by Gasteiger charge is -2.17. The van der Waals surface area contributed by atoms with Gasteiger partial charge >= 0.3 is 5.97 Å². The number of nitrogens with one attached hydrogen (secondary N) is 2. The summed E-state index contributed by atoms with van der Waals surface area (Å²) in [6, 6.07) is 0.0174. The van der Waals surface area contributed by atoms with E-state index in [4.69, 9.17) is 4.74 Å². The highest BCUT2D eigenvalue weighted by Crippen LogP contribution is 2.33. The van der Waals surface area contributed by atoms with Crippen LogP contribution in [0.15, 0.2) is 4.79 Å². The fourth-order valence-corrected chi connectivity index (χ4v) is 4.51. The molecule has 1 aliphatic carbocycles. The number of hydrogen-bond acceptors (Lipinski definition) is 6. The molecule has 0 radical (unpaired) electrons. The van der Waals surface area contributed by atoms with Crippen LogP contribution in [0.5, 0.6) is 0 Å². The van der Waals surface area contributed by atoms with Crippen LogP contribution in [0.25, 0.3) is 10.2 Å². The highest BCUT2D eigenvalue weighted by Gasteiger charge is 2.20. The van der Waals surface area contributed by atoms with Crippen molar-refractivity contribution in [2.75, 3.05) is 6.61 Å². The molecule has 1 aliphatic rings. The van der Waals surface area contributed by atoms with Gasteiger partial charge in [-0.2, -0.15) is 0 Å². The van der Waals surface area contributed by atoms with Crippen LogP contribution in [0.1, 0.15) is 56.3 Å². The van der Waals surface area contributed by atoms with Gasteiger partial charge in [0.25, 0.3) is 11.5 Å². The molecular formula is C20H27N3O4S. The van der Waals surface area contributed by atoms with Crippen molar-refractivity contribution in [3.63, 3.8) is 0 Å². The summed E-state index contributed by atoms with van der Waals surface area (Å²) in [5.41, 5.74) is 1.02. The van der Waals surface area contributed by atoms with E-state index >= 15 is 0 Å². The van der Waals surface area contributed by atoms with Crippen molar-refractivity contribution in [3.05, 3.63) is 26.6 Å². The fourth-order valence-electron chi connectivity index (χ4n) is 3.23. The van der Waals surface area contributed by atoms with Gasteiger partial charge < -0.3 is 15.0 Å². The van der Waals surface area contributed by atoms with E-state index in [0.717, 1.165) is 36.1 Å². The molecule has 0 spiro atoms. The lowest BCUT2D eigenvalue weighted by atomic mass is 9.97. The van der Waals surface area contributed by atoms with Gasteiger partial charge in [-0.1, -0.05) is 13.8 Å². The maximum Gasteiger partial charge on any atom is 0.306 e. The van der Waals surface area contributed by atoms with Gasteiger partial charge in [0.1, 0.15) is 10.7 Å². The van der Waals surface area contributed by atoms with Crippen molar-refractivity contribution >= 4 is 33.4 Å². The Bertz CT molecular complexity index is 931. The van der Waals surface area contributed by atoms with Gasteiger partial charge in [-0.15, -0.1) is 11.3 Å². The number of H-pyrrole nitrogens is 1. The molecule has 0 aromatic carbocycles. The summed E-state index contributed by atoms with van der Waals surface area (Å²) in [5.74, 6) is -0.0152. The maximum atomic E-state index is 12.5. The monoisotopic (exact) mass is 405 g/mol. The molecule has 0 saturated heterocycles. The molecule has 2 aromatic rings. The van der Waals surface area contributed by atoms with Crippen LogP contribution in [0.2, 0.25) is 0 Å². The Morgan fingerprint density at radius 1 is 1.25 bits per heavy atom. The number of hydrogen-bond donors (Lipinski definition) is 2. The first-order chi connectivity index (χ1) is 13.3. The smallest absolute Gasteiger partial charge is 0.306 e. The Kier molecular flexibility index (Phi) is 6.49. The van der Waals surface area contributed by atoms with E-state index < -0.39 is 5.97 Å². The number of rotatable bonds is 7. The van der Waals surface area contributed by atoms with Crippen molar-refractivity contribution in [1.82, 2.24) is 15.3 Å². The lowest BCUT2D eigenvalue weighted by Crippen LogP contribution is -2.38. The predicted octanol–water partition coefficient (Wildman–Crippen LogP) is 2.50. The van der Waals surface area contributed by atoms with Gasteiger partial charge in [-0.25, -0.2) is 4.98 Å². The standard InChI is InChI=1S/C20H27N3O4S/c1-11(2)12(3)21-16(24)10-27-17(25)9-8-15-22-19(26)18-13-6-4-5-7-14(13)28-20(18)23-15/h11-12H,4-10H2,1-3H3,(H,21,24)(H,22,23,26)/t12-/m1/s1. The fraction of sp³-hybridized carbons (Fsp3) is 0.600. The average Bonchev–Trinajstić information content (AvgIpc) is 3.03. The number of thiophene rings is 1. The lowest BCUT2D eigenvalue weighted by molar-refractivity contribution is -0.148. The van der Waals surface area contributed by atoms with Crippen LogP contribution in [0.3, 0.4) is 0 Å². The number of aromatic nitrogens is 2. The van der Waals surface area contributed by atoms with E-state index in [1.54, 1.807) is 11.3 Å². The molecule has 0 unspecified atom stereocenters. The van der Waals surface area contributed by atoms with Gasteiger partial charge in [-0.05, 0) is 44.1 Å². The molecule has 0 bridgehead atoms. The summed E-state index contributed by atoms with van der Waals surface area (Å²) in [6.45, 7) is 5.62. The second kappa shape index (κ2) is 8.86. The van der Waals surface area contributed by atoms with Gasteiger partial charge in [0, 0.05) is 17.3 Å². The largest absolute Gasteiger partial charge is 0.456 e. The second-order valence-electron chi connectivity index (χ2n) is 7.66. The molecule has 2 aromatic heterocycles. The van der Waals surface area contributed by atoms with Gasteiger partial charge in [0.15, 0.2) is 6.61 Å². The molecule has 8 heteroatoms. The van der Waals surface area contributed by atoms with Gasteiger partial charge in [0.2, 0.25) is 0 Å². The molecular weight excluding hydrogens is 378 g/mol. The van der Waals surface area contributed by atoms with E-state index in [-0.39, 0.29) is 37.0 Å². The number of nitrogens with zero attached hydrogens (tertiary/aromatic N) is 1. The minimum atomic E-state index is -0.486. The minimum Gasteiger partial charge on any atom is -0.456 e. The number of amides is 1. The SMILES string of the molecule is CC(C)[C@@H](C)NC(=O)COC(=O)CCc1nc2sc3c(c2c(=O)[nH]1)CCCC3. The molecule has 0 saturated carbocycles. The van der Waals surface area contributed by atoms with E-state index in [1.165, 1.54) is 4.88 Å². The van der Waals surface area contributed by atoms with Crippen molar-refractivity contribution in [3.8, 4) is 0 Å². The topological polar surface area (TPSA) is 101 Å².